The molecule has 2 aliphatic heterocycles. The van der Waals surface area contributed by atoms with Gasteiger partial charge in [0.05, 0.1) is 17.9 Å². The molecule has 3 aromatic heterocycles. The number of aryl methyl sites for hydroxylation is 1. The van der Waals surface area contributed by atoms with Crippen LogP contribution in [0.4, 0.5) is 16.4 Å². The Morgan fingerprint density at radius 2 is 2.08 bits per heavy atom. The summed E-state index contributed by atoms with van der Waals surface area (Å²) in [4.78, 5) is 32.4. The van der Waals surface area contributed by atoms with E-state index in [0.29, 0.717) is 61.4 Å². The van der Waals surface area contributed by atoms with Crippen molar-refractivity contribution in [1.82, 2.24) is 24.5 Å². The Bertz CT molecular complexity index is 1260. The number of ether oxygens (including phenoxy) is 2. The third kappa shape index (κ3) is 5.03. The number of carboxylic acid groups (broad SMARTS) is 1. The van der Waals surface area contributed by atoms with E-state index in [9.17, 15) is 14.7 Å². The highest BCUT2D eigenvalue weighted by Gasteiger charge is 2.28. The minimum absolute atomic E-state index is 0.133. The number of anilines is 2. The Labute approximate surface area is 207 Å². The van der Waals surface area contributed by atoms with Gasteiger partial charge in [0.2, 0.25) is 0 Å². The van der Waals surface area contributed by atoms with Crippen molar-refractivity contribution < 1.29 is 24.2 Å². The van der Waals surface area contributed by atoms with E-state index in [1.165, 1.54) is 4.90 Å². The third-order valence-electron chi connectivity index (χ3n) is 6.42. The molecule has 3 aromatic rings. The smallest absolute Gasteiger partial charge is 0.407 e. The molecule has 2 aliphatic rings. The summed E-state index contributed by atoms with van der Waals surface area (Å²) in [6, 6.07) is 5.06. The van der Waals surface area contributed by atoms with Crippen LogP contribution < -0.4 is 15.0 Å². The van der Waals surface area contributed by atoms with Gasteiger partial charge in [-0.15, -0.1) is 10.2 Å². The van der Waals surface area contributed by atoms with Gasteiger partial charge in [-0.25, -0.2) is 9.78 Å². The van der Waals surface area contributed by atoms with E-state index in [1.54, 1.807) is 28.8 Å². The van der Waals surface area contributed by atoms with E-state index in [4.69, 9.17) is 9.47 Å². The summed E-state index contributed by atoms with van der Waals surface area (Å²) < 4.78 is 13.5. The van der Waals surface area contributed by atoms with Crippen LogP contribution in [0.25, 0.3) is 5.65 Å². The van der Waals surface area contributed by atoms with Crippen molar-refractivity contribution in [1.29, 1.82) is 0 Å². The summed E-state index contributed by atoms with van der Waals surface area (Å²) in [5.74, 6) is 0.994. The summed E-state index contributed by atoms with van der Waals surface area (Å²) in [7, 11) is 0. The van der Waals surface area contributed by atoms with E-state index >= 15 is 0 Å². The normalized spacial score (nSPS) is 20.4. The number of nitrogens with one attached hydrogen (secondary N) is 1. The average molecular weight is 496 g/mol. The van der Waals surface area contributed by atoms with Crippen LogP contribution in [0.5, 0.6) is 5.75 Å². The predicted octanol–water partition coefficient (Wildman–Crippen LogP) is 2.43. The molecular formula is C24H29N7O5. The first-order valence-corrected chi connectivity index (χ1v) is 12.0. The number of aromatic nitrogens is 4. The van der Waals surface area contributed by atoms with E-state index in [2.05, 4.69) is 20.5 Å². The van der Waals surface area contributed by atoms with Crippen LogP contribution in [-0.4, -0.2) is 86.6 Å². The number of nitrogens with zero attached hydrogens (tertiary/aromatic N) is 6. The van der Waals surface area contributed by atoms with Gasteiger partial charge in [-0.3, -0.25) is 4.79 Å². The van der Waals surface area contributed by atoms with Crippen molar-refractivity contribution in [3.05, 3.63) is 41.9 Å². The molecule has 0 saturated carbocycles. The lowest BCUT2D eigenvalue weighted by molar-refractivity contribution is 0.00713. The second-order valence-corrected chi connectivity index (χ2v) is 9.16. The van der Waals surface area contributed by atoms with Gasteiger partial charge in [-0.1, -0.05) is 0 Å². The standard InChI is InChI=1S/C24H29N7O5/c1-15-11-30-13-18(19(10-22(30)25-15)36-17-4-3-9-35-14-17)23(32)26-20-5-6-21(28-27-20)29-7-8-31(24(33)34)16(2)12-29/h5-6,10-11,13,16-17H,3-4,7-9,12,14H2,1-2H3,(H,33,34)(H,26,27,32)/t16-,17?/m0/s1. The molecule has 12 nitrogen and oxygen atoms in total. The van der Waals surface area contributed by atoms with Gasteiger partial charge in [0.1, 0.15) is 17.5 Å². The minimum Gasteiger partial charge on any atom is -0.487 e. The number of carbonyl (C=O) groups is 2. The Morgan fingerprint density at radius 3 is 2.78 bits per heavy atom. The molecule has 5 rings (SSSR count). The quantitative estimate of drug-likeness (QED) is 0.547. The highest BCUT2D eigenvalue weighted by atomic mass is 16.5. The molecule has 1 unspecified atom stereocenters. The lowest BCUT2D eigenvalue weighted by atomic mass is 10.1. The van der Waals surface area contributed by atoms with Gasteiger partial charge < -0.3 is 34.1 Å². The Balaban J connectivity index is 1.32. The Kier molecular flexibility index (Phi) is 6.59. The van der Waals surface area contributed by atoms with Crippen LogP contribution in [0.2, 0.25) is 0 Å². The summed E-state index contributed by atoms with van der Waals surface area (Å²) >= 11 is 0. The molecule has 0 aromatic carbocycles. The van der Waals surface area contributed by atoms with Crippen molar-refractivity contribution in [3.63, 3.8) is 0 Å². The number of amides is 2. The molecule has 36 heavy (non-hydrogen) atoms. The number of piperazine rings is 1. The zero-order valence-corrected chi connectivity index (χ0v) is 20.3. The van der Waals surface area contributed by atoms with E-state index in [-0.39, 0.29) is 18.1 Å². The zero-order valence-electron chi connectivity index (χ0n) is 20.3. The summed E-state index contributed by atoms with van der Waals surface area (Å²) in [6.45, 7) is 6.37. The lowest BCUT2D eigenvalue weighted by Crippen LogP contribution is -2.54. The summed E-state index contributed by atoms with van der Waals surface area (Å²) in [5.41, 5.74) is 1.88. The molecule has 2 fully saturated rings. The SMILES string of the molecule is Cc1cn2cc(C(=O)Nc3ccc(N4CCN(C(=O)O)[C@@H](C)C4)nn3)c(OC3CCCOC3)cc2n1. The highest BCUT2D eigenvalue weighted by Crippen LogP contribution is 2.26. The van der Waals surface area contributed by atoms with Crippen LogP contribution in [0, 0.1) is 6.92 Å². The number of imidazole rings is 1. The second-order valence-electron chi connectivity index (χ2n) is 9.16. The van der Waals surface area contributed by atoms with Gasteiger partial charge >= 0.3 is 6.09 Å². The number of carbonyl (C=O) groups excluding carboxylic acids is 1. The fourth-order valence-electron chi connectivity index (χ4n) is 4.59. The van der Waals surface area contributed by atoms with Gasteiger partial charge in [-0.05, 0) is 38.8 Å². The van der Waals surface area contributed by atoms with E-state index in [0.717, 1.165) is 18.5 Å². The molecular weight excluding hydrogens is 466 g/mol. The molecule has 0 spiro atoms. The zero-order chi connectivity index (χ0) is 25.2. The Hall–Kier alpha value is -3.93. The second kappa shape index (κ2) is 9.97. The largest absolute Gasteiger partial charge is 0.487 e. The van der Waals surface area contributed by atoms with Crippen molar-refractivity contribution in [3.8, 4) is 5.75 Å². The van der Waals surface area contributed by atoms with Gasteiger partial charge in [0.15, 0.2) is 11.6 Å². The molecule has 190 valence electrons. The number of fused-ring (bicyclic) bond motifs is 1. The molecule has 2 N–H and O–H groups in total. The van der Waals surface area contributed by atoms with E-state index in [1.807, 2.05) is 24.9 Å². The van der Waals surface area contributed by atoms with Crippen molar-refractivity contribution >= 4 is 29.3 Å². The minimum atomic E-state index is -0.922. The fourth-order valence-corrected chi connectivity index (χ4v) is 4.59. The van der Waals surface area contributed by atoms with Crippen LogP contribution in [-0.2, 0) is 4.74 Å². The average Bonchev–Trinajstić information content (AvgIpc) is 3.23. The van der Waals surface area contributed by atoms with Gasteiger partial charge in [-0.2, -0.15) is 0 Å². The maximum atomic E-state index is 13.3. The molecule has 5 heterocycles. The van der Waals surface area contributed by atoms with Gasteiger partial charge in [0, 0.05) is 50.7 Å². The Morgan fingerprint density at radius 1 is 1.22 bits per heavy atom. The third-order valence-corrected chi connectivity index (χ3v) is 6.42. The topological polar surface area (TPSA) is 134 Å². The lowest BCUT2D eigenvalue weighted by Gasteiger charge is -2.38. The molecule has 2 saturated heterocycles. The number of rotatable bonds is 5. The number of hydrogen-bond acceptors (Lipinski definition) is 8. The van der Waals surface area contributed by atoms with Crippen molar-refractivity contribution in [2.24, 2.45) is 0 Å². The first-order valence-electron chi connectivity index (χ1n) is 12.0. The number of pyridine rings is 1. The maximum Gasteiger partial charge on any atom is 0.407 e. The first-order chi connectivity index (χ1) is 17.4. The maximum absolute atomic E-state index is 13.3. The summed E-state index contributed by atoms with van der Waals surface area (Å²) in [6.07, 6.45) is 4.25. The van der Waals surface area contributed by atoms with Crippen LogP contribution in [0.15, 0.2) is 30.6 Å². The van der Waals surface area contributed by atoms with Crippen LogP contribution in [0.3, 0.4) is 0 Å². The van der Waals surface area contributed by atoms with Crippen LogP contribution in [0.1, 0.15) is 35.8 Å². The van der Waals surface area contributed by atoms with E-state index < -0.39 is 6.09 Å². The molecule has 2 atom stereocenters. The number of hydrogen-bond donors (Lipinski definition) is 2. The van der Waals surface area contributed by atoms with Crippen molar-refractivity contribution in [2.45, 2.75) is 38.8 Å². The van der Waals surface area contributed by atoms with Crippen LogP contribution >= 0.6 is 0 Å². The monoisotopic (exact) mass is 495 g/mol. The molecule has 0 bridgehead atoms. The first kappa shape index (κ1) is 23.8. The highest BCUT2D eigenvalue weighted by molar-refractivity contribution is 6.05. The van der Waals surface area contributed by atoms with Crippen molar-refractivity contribution in [2.75, 3.05) is 43.1 Å². The van der Waals surface area contributed by atoms with Gasteiger partial charge in [0.25, 0.3) is 5.91 Å². The summed E-state index contributed by atoms with van der Waals surface area (Å²) in [5, 5.41) is 20.5. The molecule has 2 amide bonds. The molecule has 0 aliphatic carbocycles. The molecule has 12 heteroatoms. The molecule has 0 radical (unpaired) electrons. The fraction of sp³-hybridized carbons (Fsp3) is 0.458. The predicted molar refractivity (Wildman–Crippen MR) is 131 cm³/mol.